The largest absolute Gasteiger partial charge is 0.484 e. The third-order valence-electron chi connectivity index (χ3n) is 3.85. The normalized spacial score (nSPS) is 13.7. The summed E-state index contributed by atoms with van der Waals surface area (Å²) in [4.78, 5) is 1.13. The number of thiophene rings is 1. The van der Waals surface area contributed by atoms with E-state index in [0.717, 1.165) is 10.4 Å². The quantitative estimate of drug-likeness (QED) is 0.714. The first kappa shape index (κ1) is 19.8. The Morgan fingerprint density at radius 1 is 1.16 bits per heavy atom. The van der Waals surface area contributed by atoms with Crippen LogP contribution in [0.1, 0.15) is 30.3 Å². The Hall–Kier alpha value is -1.57. The number of benzene rings is 1. The van der Waals surface area contributed by atoms with Crippen LogP contribution < -0.4 is 10.1 Å². The number of aliphatic hydroxyl groups is 1. The lowest BCUT2D eigenvalue weighted by atomic mass is 9.84. The average molecular weight is 373 g/mol. The molecule has 0 aliphatic heterocycles. The van der Waals surface area contributed by atoms with E-state index in [-0.39, 0.29) is 23.8 Å². The van der Waals surface area contributed by atoms with E-state index < -0.39 is 12.8 Å². The fourth-order valence-electron chi connectivity index (χ4n) is 2.40. The molecule has 0 amide bonds. The van der Waals surface area contributed by atoms with Gasteiger partial charge in [0.05, 0.1) is 6.61 Å². The van der Waals surface area contributed by atoms with Crippen LogP contribution in [-0.2, 0) is 6.54 Å². The maximum absolute atomic E-state index is 12.2. The van der Waals surface area contributed by atoms with Gasteiger partial charge in [-0.2, -0.15) is 13.2 Å². The first-order valence-electron chi connectivity index (χ1n) is 7.87. The number of hydrogen-bond acceptors (Lipinski definition) is 4. The molecule has 0 radical (unpaired) electrons. The Morgan fingerprint density at radius 3 is 2.36 bits per heavy atom. The van der Waals surface area contributed by atoms with Gasteiger partial charge in [-0.3, -0.25) is 0 Å². The first-order valence-corrected chi connectivity index (χ1v) is 8.75. The molecule has 0 spiro atoms. The molecule has 0 saturated carbocycles. The molecule has 0 aliphatic rings. The zero-order chi connectivity index (χ0) is 18.5. The van der Waals surface area contributed by atoms with E-state index in [0.29, 0.717) is 6.54 Å². The lowest BCUT2D eigenvalue weighted by molar-refractivity contribution is -0.153. The smallest absolute Gasteiger partial charge is 0.422 e. The monoisotopic (exact) mass is 373 g/mol. The number of hydrogen-bond donors (Lipinski definition) is 2. The Bertz CT molecular complexity index is 639. The molecule has 1 atom stereocenters. The average Bonchev–Trinajstić information content (AvgIpc) is 3.07. The van der Waals surface area contributed by atoms with Gasteiger partial charge in [0.25, 0.3) is 0 Å². The highest BCUT2D eigenvalue weighted by atomic mass is 32.1. The van der Waals surface area contributed by atoms with E-state index in [1.165, 1.54) is 12.1 Å². The summed E-state index contributed by atoms with van der Waals surface area (Å²) >= 11 is 1.62. The number of aliphatic hydroxyl groups excluding tert-OH is 1. The molecular formula is C18H22F3NO2S. The molecule has 2 rings (SSSR count). The van der Waals surface area contributed by atoms with Crippen LogP contribution in [0.3, 0.4) is 0 Å². The summed E-state index contributed by atoms with van der Waals surface area (Å²) in [6.07, 6.45) is -4.34. The molecule has 7 heteroatoms. The molecule has 2 N–H and O–H groups in total. The highest BCUT2D eigenvalue weighted by molar-refractivity contribution is 7.10. The molecule has 1 aromatic carbocycles. The van der Waals surface area contributed by atoms with Crippen molar-refractivity contribution in [2.45, 2.75) is 32.6 Å². The molecule has 25 heavy (non-hydrogen) atoms. The van der Waals surface area contributed by atoms with Gasteiger partial charge in [0, 0.05) is 22.9 Å². The van der Waals surface area contributed by atoms with Crippen molar-refractivity contribution in [1.82, 2.24) is 5.32 Å². The van der Waals surface area contributed by atoms with Gasteiger partial charge >= 0.3 is 6.18 Å². The first-order chi connectivity index (χ1) is 11.7. The molecule has 138 valence electrons. The van der Waals surface area contributed by atoms with Crippen LogP contribution in [0.5, 0.6) is 5.75 Å². The van der Waals surface area contributed by atoms with Crippen molar-refractivity contribution in [2.75, 3.05) is 13.2 Å². The summed E-state index contributed by atoms with van der Waals surface area (Å²) in [6.45, 7) is 3.24. The molecule has 1 aromatic heterocycles. The molecule has 0 fully saturated rings. The minimum absolute atomic E-state index is 0.0290. The molecule has 0 aliphatic carbocycles. The number of ether oxygens (including phenoxy) is 1. The van der Waals surface area contributed by atoms with Gasteiger partial charge in [-0.25, -0.2) is 0 Å². The second-order valence-corrected chi connectivity index (χ2v) is 7.50. The van der Waals surface area contributed by atoms with Gasteiger partial charge in [0.1, 0.15) is 5.75 Å². The molecule has 1 heterocycles. The van der Waals surface area contributed by atoms with Crippen LogP contribution in [0.2, 0.25) is 0 Å². The molecule has 0 saturated heterocycles. The van der Waals surface area contributed by atoms with Crippen molar-refractivity contribution in [3.05, 3.63) is 52.2 Å². The summed E-state index contributed by atoms with van der Waals surface area (Å²) in [5, 5.41) is 15.1. The van der Waals surface area contributed by atoms with Crippen molar-refractivity contribution in [1.29, 1.82) is 0 Å². The van der Waals surface area contributed by atoms with Gasteiger partial charge in [-0.15, -0.1) is 11.3 Å². The van der Waals surface area contributed by atoms with Gasteiger partial charge in [0.2, 0.25) is 0 Å². The second-order valence-electron chi connectivity index (χ2n) is 6.52. The minimum Gasteiger partial charge on any atom is -0.484 e. The predicted octanol–water partition coefficient (Wildman–Crippen LogP) is 4.54. The summed E-state index contributed by atoms with van der Waals surface area (Å²) in [5.41, 5.74) is 0.579. The number of alkyl halides is 3. The number of nitrogens with one attached hydrogen (secondary N) is 1. The van der Waals surface area contributed by atoms with Crippen molar-refractivity contribution in [3.63, 3.8) is 0 Å². The molecule has 0 bridgehead atoms. The summed E-state index contributed by atoms with van der Waals surface area (Å²) in [7, 11) is 0. The van der Waals surface area contributed by atoms with Crippen LogP contribution >= 0.6 is 11.3 Å². The number of rotatable bonds is 8. The van der Waals surface area contributed by atoms with E-state index in [1.807, 2.05) is 31.4 Å². The van der Waals surface area contributed by atoms with Crippen molar-refractivity contribution in [2.24, 2.45) is 5.41 Å². The van der Waals surface area contributed by atoms with E-state index in [1.54, 1.807) is 23.5 Å². The summed E-state index contributed by atoms with van der Waals surface area (Å²) < 4.78 is 41.2. The maximum Gasteiger partial charge on any atom is 0.422 e. The van der Waals surface area contributed by atoms with Gasteiger partial charge < -0.3 is 15.2 Å². The lowest BCUT2D eigenvalue weighted by Crippen LogP contribution is -2.36. The Kier molecular flexibility index (Phi) is 6.48. The van der Waals surface area contributed by atoms with Crippen LogP contribution in [0.25, 0.3) is 0 Å². The van der Waals surface area contributed by atoms with Gasteiger partial charge in [0.15, 0.2) is 6.61 Å². The highest BCUT2D eigenvalue weighted by Crippen LogP contribution is 2.35. The molecular weight excluding hydrogens is 351 g/mol. The summed E-state index contributed by atoms with van der Waals surface area (Å²) in [5.74, 6) is 0.187. The van der Waals surface area contributed by atoms with Crippen molar-refractivity contribution < 1.29 is 23.0 Å². The van der Waals surface area contributed by atoms with Crippen LogP contribution in [-0.4, -0.2) is 24.5 Å². The van der Waals surface area contributed by atoms with E-state index in [2.05, 4.69) is 5.32 Å². The standard InChI is InChI=1S/C18H22F3NO2S/c1-17(2,11-23)16(15-4-3-9-25-15)22-10-13-5-7-14(8-6-13)24-12-18(19,20)21/h3-9,16,22-23H,10-12H2,1-2H3. The van der Waals surface area contributed by atoms with Crippen molar-refractivity contribution >= 4 is 11.3 Å². The Morgan fingerprint density at radius 2 is 1.84 bits per heavy atom. The SMILES string of the molecule is CC(C)(CO)C(NCc1ccc(OCC(F)(F)F)cc1)c1cccs1. The highest BCUT2D eigenvalue weighted by Gasteiger charge is 2.31. The second kappa shape index (κ2) is 8.21. The lowest BCUT2D eigenvalue weighted by Gasteiger charge is -2.33. The fraction of sp³-hybridized carbons (Fsp3) is 0.444. The minimum atomic E-state index is -4.34. The van der Waals surface area contributed by atoms with Gasteiger partial charge in [-0.1, -0.05) is 32.0 Å². The fourth-order valence-corrected chi connectivity index (χ4v) is 3.41. The van der Waals surface area contributed by atoms with E-state index in [9.17, 15) is 18.3 Å². The molecule has 2 aromatic rings. The third kappa shape index (κ3) is 6.02. The zero-order valence-electron chi connectivity index (χ0n) is 14.1. The zero-order valence-corrected chi connectivity index (χ0v) is 15.0. The molecule has 1 unspecified atom stereocenters. The number of halogens is 3. The molecule has 3 nitrogen and oxygen atoms in total. The maximum atomic E-state index is 12.2. The van der Waals surface area contributed by atoms with Gasteiger partial charge in [-0.05, 0) is 29.1 Å². The van der Waals surface area contributed by atoms with E-state index in [4.69, 9.17) is 4.74 Å². The Balaban J connectivity index is 1.99. The predicted molar refractivity (Wildman–Crippen MR) is 92.8 cm³/mol. The van der Waals surface area contributed by atoms with Crippen LogP contribution in [0.4, 0.5) is 13.2 Å². The summed E-state index contributed by atoms with van der Waals surface area (Å²) in [6, 6.07) is 10.5. The Labute approximate surface area is 149 Å². The van der Waals surface area contributed by atoms with Crippen molar-refractivity contribution in [3.8, 4) is 5.75 Å². The van der Waals surface area contributed by atoms with Crippen LogP contribution in [0.15, 0.2) is 41.8 Å². The van der Waals surface area contributed by atoms with Crippen LogP contribution in [0, 0.1) is 5.41 Å². The third-order valence-corrected chi connectivity index (χ3v) is 4.79. The van der Waals surface area contributed by atoms with E-state index >= 15 is 0 Å². The topological polar surface area (TPSA) is 41.5 Å².